The van der Waals surface area contributed by atoms with Crippen LogP contribution in [0.25, 0.3) is 0 Å². The number of amides is 3. The van der Waals surface area contributed by atoms with Crippen molar-refractivity contribution in [3.05, 3.63) is 11.1 Å². The number of rotatable bonds is 23. The molecule has 1 heterocycles. The Balaban J connectivity index is 2.05. The molecule has 1 aromatic heterocycles. The maximum absolute atomic E-state index is 12.6. The predicted octanol–water partition coefficient (Wildman–Crippen LogP) is 7.37. The molecule has 0 radical (unpaired) electrons. The van der Waals surface area contributed by atoms with E-state index in [1.807, 2.05) is 12.3 Å². The van der Waals surface area contributed by atoms with Crippen LogP contribution in [0.15, 0.2) is 5.38 Å². The highest BCUT2D eigenvalue weighted by atomic mass is 32.1. The van der Waals surface area contributed by atoms with E-state index in [-0.39, 0.29) is 13.2 Å². The minimum atomic E-state index is -0.801. The van der Waals surface area contributed by atoms with Gasteiger partial charge in [-0.25, -0.2) is 14.2 Å². The number of nitrogens with zero attached hydrogens (tertiary/aromatic N) is 2. The molecule has 1 rings (SSSR count). The lowest BCUT2D eigenvalue weighted by molar-refractivity contribution is -0.660. The van der Waals surface area contributed by atoms with E-state index < -0.39 is 24.2 Å². The van der Waals surface area contributed by atoms with Gasteiger partial charge in [-0.3, -0.25) is 0 Å². The van der Waals surface area contributed by atoms with Gasteiger partial charge in [-0.1, -0.05) is 119 Å². The first-order chi connectivity index (χ1) is 19.8. The zero-order valence-electron chi connectivity index (χ0n) is 26.3. The van der Waals surface area contributed by atoms with E-state index in [2.05, 4.69) is 12.2 Å². The Morgan fingerprint density at radius 3 is 1.78 bits per heavy atom. The number of unbranched alkanes of at least 4 members (excludes halogenated alkanes) is 15. The first-order valence-electron chi connectivity index (χ1n) is 15.7. The SMILES string of the molecule is CCCCCCCCCCCCCCCCCCNC(=O)OCC(COC(=O)N(C(C)=O)c1scc(C)[n+]1C)OC. The van der Waals surface area contributed by atoms with Crippen LogP contribution in [0.1, 0.15) is 122 Å². The highest BCUT2D eigenvalue weighted by Gasteiger charge is 2.35. The summed E-state index contributed by atoms with van der Waals surface area (Å²) in [5, 5.41) is 5.07. The van der Waals surface area contributed by atoms with E-state index in [4.69, 9.17) is 14.2 Å². The van der Waals surface area contributed by atoms with Gasteiger partial charge in [0, 0.05) is 26.0 Å². The predicted molar refractivity (Wildman–Crippen MR) is 164 cm³/mol. The molecule has 0 spiro atoms. The Hall–Kier alpha value is -2.20. The lowest BCUT2D eigenvalue weighted by atomic mass is 10.0. The van der Waals surface area contributed by atoms with E-state index in [0.717, 1.165) is 23.4 Å². The second-order valence-corrected chi connectivity index (χ2v) is 11.7. The van der Waals surface area contributed by atoms with Crippen molar-refractivity contribution in [3.63, 3.8) is 0 Å². The quantitative estimate of drug-likeness (QED) is 0.104. The number of nitrogens with one attached hydrogen (secondary N) is 1. The van der Waals surface area contributed by atoms with Crippen LogP contribution in [0.4, 0.5) is 14.7 Å². The van der Waals surface area contributed by atoms with Gasteiger partial charge in [0.1, 0.15) is 25.0 Å². The second kappa shape index (κ2) is 23.4. The van der Waals surface area contributed by atoms with Crippen molar-refractivity contribution in [2.45, 2.75) is 130 Å². The summed E-state index contributed by atoms with van der Waals surface area (Å²) >= 11 is 1.27. The fourth-order valence-corrected chi connectivity index (χ4v) is 5.53. The standard InChI is InChI=1S/C31H55N3O6S/c1-6-7-8-9-10-11-12-13-14-15-16-17-18-19-20-21-22-32-29(36)39-23-28(38-5)24-40-31(37)34(27(3)35)30-33(4)26(2)25-41-30/h25,28H,6-24H2,1-5H3/p+1. The van der Waals surface area contributed by atoms with Crippen LogP contribution in [0.5, 0.6) is 0 Å². The average molecular weight is 599 g/mol. The van der Waals surface area contributed by atoms with Crippen LogP contribution in [0, 0.1) is 6.92 Å². The number of aryl methyl sites for hydroxylation is 1. The lowest BCUT2D eigenvalue weighted by Gasteiger charge is -2.17. The normalized spacial score (nSPS) is 11.7. The smallest absolute Gasteiger partial charge is 0.447 e. The number of ether oxygens (including phenoxy) is 3. The zero-order chi connectivity index (χ0) is 30.3. The number of alkyl carbamates (subject to hydrolysis) is 1. The van der Waals surface area contributed by atoms with Crippen LogP contribution in [-0.4, -0.2) is 51.1 Å². The zero-order valence-corrected chi connectivity index (χ0v) is 27.2. The number of imide groups is 1. The summed E-state index contributed by atoms with van der Waals surface area (Å²) in [7, 11) is 3.22. The Labute approximate surface area is 252 Å². The highest BCUT2D eigenvalue weighted by molar-refractivity contribution is 7.13. The van der Waals surface area contributed by atoms with Crippen molar-refractivity contribution in [1.29, 1.82) is 0 Å². The molecule has 9 nitrogen and oxygen atoms in total. The van der Waals surface area contributed by atoms with Crippen molar-refractivity contribution in [2.75, 3.05) is 31.8 Å². The minimum absolute atomic E-state index is 0.0689. The maximum atomic E-state index is 12.6. The third-order valence-electron chi connectivity index (χ3n) is 7.27. The molecule has 10 heteroatoms. The van der Waals surface area contributed by atoms with Crippen LogP contribution < -0.4 is 14.8 Å². The Bertz CT molecular complexity index is 863. The van der Waals surface area contributed by atoms with Crippen molar-refractivity contribution >= 4 is 34.6 Å². The molecule has 1 N–H and O–H groups in total. The van der Waals surface area contributed by atoms with Crippen LogP contribution in [-0.2, 0) is 26.1 Å². The molecular formula is C31H56N3O6S+. The molecular weight excluding hydrogens is 542 g/mol. The fraction of sp³-hybridized carbons (Fsp3) is 0.806. The van der Waals surface area contributed by atoms with Gasteiger partial charge in [0.25, 0.3) is 0 Å². The summed E-state index contributed by atoms with van der Waals surface area (Å²) in [4.78, 5) is 37.7. The number of hydrogen-bond donors (Lipinski definition) is 1. The second-order valence-electron chi connectivity index (χ2n) is 10.8. The third-order valence-corrected chi connectivity index (χ3v) is 8.39. The van der Waals surface area contributed by atoms with E-state index in [9.17, 15) is 14.4 Å². The molecule has 0 aliphatic carbocycles. The van der Waals surface area contributed by atoms with E-state index >= 15 is 0 Å². The van der Waals surface area contributed by atoms with Crippen LogP contribution >= 0.6 is 11.3 Å². The topological polar surface area (TPSA) is 98.0 Å². The molecule has 0 aliphatic rings. The number of aromatic nitrogens is 1. The van der Waals surface area contributed by atoms with E-state index in [1.165, 1.54) is 115 Å². The summed E-state index contributed by atoms with van der Waals surface area (Å²) in [6, 6.07) is 0. The first kappa shape index (κ1) is 36.8. The Morgan fingerprint density at radius 1 is 0.854 bits per heavy atom. The number of carbonyl (C=O) groups excluding carboxylic acids is 3. The van der Waals surface area contributed by atoms with Gasteiger partial charge in [0.2, 0.25) is 0 Å². The number of carbonyl (C=O) groups is 3. The largest absolute Gasteiger partial charge is 0.515 e. The molecule has 236 valence electrons. The van der Waals surface area contributed by atoms with Crippen molar-refractivity contribution in [1.82, 2.24) is 5.32 Å². The number of hydrogen-bond acceptors (Lipinski definition) is 7. The summed E-state index contributed by atoms with van der Waals surface area (Å²) < 4.78 is 17.5. The minimum Gasteiger partial charge on any atom is -0.447 e. The highest BCUT2D eigenvalue weighted by Crippen LogP contribution is 2.19. The maximum Gasteiger partial charge on any atom is 0.515 e. The van der Waals surface area contributed by atoms with E-state index in [1.54, 1.807) is 11.6 Å². The fourth-order valence-electron chi connectivity index (χ4n) is 4.49. The summed E-state index contributed by atoms with van der Waals surface area (Å²) in [5.74, 6) is -0.453. The van der Waals surface area contributed by atoms with Crippen molar-refractivity contribution < 1.29 is 33.2 Å². The number of anilines is 1. The van der Waals surface area contributed by atoms with Crippen LogP contribution in [0.2, 0.25) is 0 Å². The van der Waals surface area contributed by atoms with Gasteiger partial charge in [-0.2, -0.15) is 4.79 Å². The summed E-state index contributed by atoms with van der Waals surface area (Å²) in [5.41, 5.74) is 0.915. The van der Waals surface area contributed by atoms with Gasteiger partial charge in [-0.15, -0.1) is 0 Å². The third kappa shape index (κ3) is 16.7. The van der Waals surface area contributed by atoms with E-state index in [0.29, 0.717) is 11.7 Å². The Kier molecular flexibility index (Phi) is 21.0. The molecule has 41 heavy (non-hydrogen) atoms. The van der Waals surface area contributed by atoms with Gasteiger partial charge in [0.15, 0.2) is 0 Å². The van der Waals surface area contributed by atoms with Gasteiger partial charge < -0.3 is 19.5 Å². The molecule has 1 atom stereocenters. The Morgan fingerprint density at radius 2 is 1.34 bits per heavy atom. The molecule has 0 bridgehead atoms. The lowest BCUT2D eigenvalue weighted by Crippen LogP contribution is -2.45. The van der Waals surface area contributed by atoms with Crippen molar-refractivity contribution in [3.8, 4) is 0 Å². The molecule has 0 saturated heterocycles. The molecule has 1 unspecified atom stereocenters. The van der Waals surface area contributed by atoms with Gasteiger partial charge >= 0.3 is 23.2 Å². The average Bonchev–Trinajstić information content (AvgIpc) is 3.27. The summed E-state index contributed by atoms with van der Waals surface area (Å²) in [6.07, 6.45) is 19.0. The monoisotopic (exact) mass is 598 g/mol. The van der Waals surface area contributed by atoms with Gasteiger partial charge in [0.05, 0.1) is 7.05 Å². The first-order valence-corrected chi connectivity index (χ1v) is 16.5. The molecule has 0 aromatic carbocycles. The molecule has 0 fully saturated rings. The molecule has 3 amide bonds. The van der Waals surface area contributed by atoms with Crippen molar-refractivity contribution in [2.24, 2.45) is 7.05 Å². The molecule has 0 saturated carbocycles. The van der Waals surface area contributed by atoms with Crippen LogP contribution in [0.3, 0.4) is 0 Å². The molecule has 1 aromatic rings. The molecule has 0 aliphatic heterocycles. The number of methoxy groups -OCH3 is 1. The number of thiazole rings is 1. The van der Waals surface area contributed by atoms with Gasteiger partial charge in [-0.05, 0) is 13.3 Å². The summed E-state index contributed by atoms with van der Waals surface area (Å²) in [6.45, 7) is 5.79.